The Morgan fingerprint density at radius 3 is 2.68 bits per heavy atom. The Kier molecular flexibility index (Phi) is 5.07. The molecular formula is C20H29NO4. The molecule has 0 saturated heterocycles. The molecule has 2 atom stereocenters. The highest BCUT2D eigenvalue weighted by molar-refractivity contribution is 5.83. The molecule has 1 unspecified atom stereocenters. The van der Waals surface area contributed by atoms with E-state index in [2.05, 4.69) is 20.8 Å². The molecule has 1 aliphatic heterocycles. The summed E-state index contributed by atoms with van der Waals surface area (Å²) in [6, 6.07) is 5.63. The van der Waals surface area contributed by atoms with Crippen LogP contribution in [0, 0.1) is 11.3 Å². The van der Waals surface area contributed by atoms with Gasteiger partial charge in [-0.25, -0.2) is 0 Å². The summed E-state index contributed by atoms with van der Waals surface area (Å²) < 4.78 is 11.0. The van der Waals surface area contributed by atoms with E-state index in [1.165, 1.54) is 7.11 Å². The Balaban J connectivity index is 1.91. The van der Waals surface area contributed by atoms with Gasteiger partial charge in [0, 0.05) is 30.2 Å². The van der Waals surface area contributed by atoms with Crippen molar-refractivity contribution in [3.63, 3.8) is 0 Å². The Hall–Kier alpha value is -1.59. The molecule has 0 bridgehead atoms. The molecule has 1 amide bonds. The van der Waals surface area contributed by atoms with E-state index < -0.39 is 6.29 Å². The molecule has 25 heavy (non-hydrogen) atoms. The number of hydrogen-bond donors (Lipinski definition) is 1. The second kappa shape index (κ2) is 6.96. The Bertz CT molecular complexity index is 639. The third-order valence-electron chi connectivity index (χ3n) is 5.75. The van der Waals surface area contributed by atoms with Crippen LogP contribution in [0.15, 0.2) is 18.2 Å². The van der Waals surface area contributed by atoms with Crippen molar-refractivity contribution in [3.05, 3.63) is 29.3 Å². The van der Waals surface area contributed by atoms with Gasteiger partial charge in [0.1, 0.15) is 12.4 Å². The summed E-state index contributed by atoms with van der Waals surface area (Å²) in [5.74, 6) is 1.29. The second-order valence-corrected chi connectivity index (χ2v) is 7.92. The van der Waals surface area contributed by atoms with E-state index in [0.29, 0.717) is 24.6 Å². The smallest absolute Gasteiger partial charge is 0.229 e. The van der Waals surface area contributed by atoms with Gasteiger partial charge in [-0.2, -0.15) is 0 Å². The van der Waals surface area contributed by atoms with Crippen LogP contribution in [0.4, 0.5) is 0 Å². The largest absolute Gasteiger partial charge is 0.491 e. The summed E-state index contributed by atoms with van der Waals surface area (Å²) in [6.45, 7) is 7.37. The van der Waals surface area contributed by atoms with Gasteiger partial charge in [0.05, 0.1) is 6.04 Å². The van der Waals surface area contributed by atoms with Crippen molar-refractivity contribution >= 4 is 5.91 Å². The minimum atomic E-state index is -0.968. The van der Waals surface area contributed by atoms with Crippen molar-refractivity contribution in [2.45, 2.75) is 58.9 Å². The van der Waals surface area contributed by atoms with E-state index >= 15 is 0 Å². The van der Waals surface area contributed by atoms with Gasteiger partial charge >= 0.3 is 0 Å². The van der Waals surface area contributed by atoms with Gasteiger partial charge in [0.2, 0.25) is 5.91 Å². The Labute approximate surface area is 149 Å². The van der Waals surface area contributed by atoms with Gasteiger partial charge in [0.25, 0.3) is 0 Å². The first-order valence-electron chi connectivity index (χ1n) is 9.13. The summed E-state index contributed by atoms with van der Waals surface area (Å²) >= 11 is 0. The van der Waals surface area contributed by atoms with Crippen LogP contribution in [0.2, 0.25) is 0 Å². The average molecular weight is 347 g/mol. The monoisotopic (exact) mass is 347 g/mol. The normalized spacial score (nSPS) is 23.3. The molecule has 0 radical (unpaired) electrons. The number of carbonyl (C=O) groups excluding carboxylic acids is 1. The van der Waals surface area contributed by atoms with Crippen molar-refractivity contribution in [2.24, 2.45) is 11.3 Å². The van der Waals surface area contributed by atoms with Gasteiger partial charge in [-0.05, 0) is 24.8 Å². The van der Waals surface area contributed by atoms with Crippen LogP contribution < -0.4 is 4.74 Å². The third-order valence-corrected chi connectivity index (χ3v) is 5.75. The summed E-state index contributed by atoms with van der Waals surface area (Å²) in [6.07, 6.45) is 2.11. The maximum atomic E-state index is 13.2. The Morgan fingerprint density at radius 1 is 1.40 bits per heavy atom. The maximum Gasteiger partial charge on any atom is 0.229 e. The van der Waals surface area contributed by atoms with Crippen LogP contribution in [0.5, 0.6) is 5.75 Å². The molecule has 2 aliphatic rings. The molecule has 138 valence electrons. The third kappa shape index (κ3) is 3.40. The minimum Gasteiger partial charge on any atom is -0.491 e. The quantitative estimate of drug-likeness (QED) is 0.850. The molecule has 5 heteroatoms. The zero-order valence-electron chi connectivity index (χ0n) is 15.6. The summed E-state index contributed by atoms with van der Waals surface area (Å²) in [4.78, 5) is 15.2. The molecular weight excluding hydrogens is 318 g/mol. The number of hydrogen-bond acceptors (Lipinski definition) is 4. The lowest BCUT2D eigenvalue weighted by molar-refractivity contribution is -0.150. The highest BCUT2D eigenvalue weighted by Crippen LogP contribution is 2.43. The topological polar surface area (TPSA) is 59.0 Å². The first-order valence-corrected chi connectivity index (χ1v) is 9.13. The molecule has 1 saturated carbocycles. The van der Waals surface area contributed by atoms with Crippen LogP contribution in [-0.2, 0) is 16.1 Å². The highest BCUT2D eigenvalue weighted by atomic mass is 16.6. The number of fused-ring (bicyclic) bond motifs is 1. The fourth-order valence-electron chi connectivity index (χ4n) is 3.73. The van der Waals surface area contributed by atoms with E-state index in [1.807, 2.05) is 23.1 Å². The number of amides is 1. The molecule has 1 aromatic carbocycles. The number of benzene rings is 1. The van der Waals surface area contributed by atoms with Crippen LogP contribution in [0.1, 0.15) is 57.5 Å². The lowest BCUT2D eigenvalue weighted by Crippen LogP contribution is -2.52. The molecule has 1 N–H and O–H groups in total. The van der Waals surface area contributed by atoms with Gasteiger partial charge in [-0.3, -0.25) is 4.79 Å². The maximum absolute atomic E-state index is 13.2. The number of carbonyl (C=O) groups is 1. The van der Waals surface area contributed by atoms with Crippen molar-refractivity contribution < 1.29 is 19.4 Å². The van der Waals surface area contributed by atoms with Crippen molar-refractivity contribution in [2.75, 3.05) is 13.7 Å². The molecule has 3 rings (SSSR count). The zero-order valence-corrected chi connectivity index (χ0v) is 15.6. The van der Waals surface area contributed by atoms with Crippen molar-refractivity contribution in [3.8, 4) is 5.75 Å². The first kappa shape index (κ1) is 18.2. The van der Waals surface area contributed by atoms with Crippen molar-refractivity contribution in [1.82, 2.24) is 4.90 Å². The van der Waals surface area contributed by atoms with Gasteiger partial charge < -0.3 is 19.5 Å². The van der Waals surface area contributed by atoms with E-state index in [1.54, 1.807) is 0 Å². The van der Waals surface area contributed by atoms with Crippen LogP contribution >= 0.6 is 0 Å². The van der Waals surface area contributed by atoms with Crippen LogP contribution in [0.25, 0.3) is 0 Å². The van der Waals surface area contributed by atoms with Crippen LogP contribution in [-0.4, -0.2) is 35.7 Å². The molecule has 0 aromatic heterocycles. The van der Waals surface area contributed by atoms with E-state index in [9.17, 15) is 9.90 Å². The predicted octanol–water partition coefficient (Wildman–Crippen LogP) is 3.26. The summed E-state index contributed by atoms with van der Waals surface area (Å²) in [5.41, 5.74) is 1.42. The fourth-order valence-corrected chi connectivity index (χ4v) is 3.73. The number of nitrogens with zero attached hydrogens (tertiary/aromatic N) is 1. The Morgan fingerprint density at radius 2 is 2.12 bits per heavy atom. The fraction of sp³-hybridized carbons (Fsp3) is 0.650. The van der Waals surface area contributed by atoms with Crippen LogP contribution in [0.3, 0.4) is 0 Å². The highest BCUT2D eigenvalue weighted by Gasteiger charge is 2.44. The molecule has 0 spiro atoms. The van der Waals surface area contributed by atoms with E-state index in [0.717, 1.165) is 30.6 Å². The molecule has 1 aromatic rings. The lowest BCUT2D eigenvalue weighted by atomic mass is 9.69. The number of methoxy groups -OCH3 is 1. The second-order valence-electron chi connectivity index (χ2n) is 7.92. The molecule has 1 fully saturated rings. The van der Waals surface area contributed by atoms with Crippen molar-refractivity contribution in [1.29, 1.82) is 0 Å². The molecule has 5 nitrogen and oxygen atoms in total. The zero-order chi connectivity index (χ0) is 18.2. The van der Waals surface area contributed by atoms with Gasteiger partial charge in [-0.15, -0.1) is 0 Å². The number of aliphatic hydroxyl groups excluding tert-OH is 1. The standard InChI is InChI=1S/C20H29NO4/c1-13(2)16-12-25-17-10-14(18(22)24-4)6-7-15(17)11-21(16)19(23)20(3)8-5-9-20/h6-7,10,13,16,18,22H,5,8-9,11-12H2,1-4H3/t16-,18?/m0/s1. The van der Waals surface area contributed by atoms with Gasteiger partial charge in [0.15, 0.2) is 6.29 Å². The SMILES string of the molecule is COC(O)c1ccc2c(c1)OC[C@@H](C(C)C)N(C(=O)C1(C)CCC1)C2. The van der Waals surface area contributed by atoms with E-state index in [4.69, 9.17) is 9.47 Å². The summed E-state index contributed by atoms with van der Waals surface area (Å²) in [5, 5.41) is 9.89. The van der Waals surface area contributed by atoms with Gasteiger partial charge in [-0.1, -0.05) is 39.3 Å². The average Bonchev–Trinajstić information content (AvgIpc) is 2.77. The number of aliphatic hydroxyl groups is 1. The predicted molar refractivity (Wildman–Crippen MR) is 95.0 cm³/mol. The van der Waals surface area contributed by atoms with E-state index in [-0.39, 0.29) is 17.4 Å². The molecule has 1 heterocycles. The number of ether oxygens (including phenoxy) is 2. The lowest BCUT2D eigenvalue weighted by Gasteiger charge is -2.43. The molecule has 1 aliphatic carbocycles. The first-order chi connectivity index (χ1) is 11.9. The number of rotatable bonds is 4. The minimum absolute atomic E-state index is 0.0492. The summed E-state index contributed by atoms with van der Waals surface area (Å²) in [7, 11) is 1.46.